The Balaban J connectivity index is 2.64. The van der Waals surface area contributed by atoms with Crippen molar-refractivity contribution < 1.29 is 26.3 Å². The molecule has 0 unspecified atom stereocenters. The quantitative estimate of drug-likeness (QED) is 0.451. The molecular weight excluding hydrogens is 344 g/mol. The summed E-state index contributed by atoms with van der Waals surface area (Å²) in [5.41, 5.74) is -1.08. The maximum Gasteiger partial charge on any atom is 0.444 e. The van der Waals surface area contributed by atoms with Gasteiger partial charge in [-0.3, -0.25) is 0 Å². The molecule has 0 saturated heterocycles. The first-order valence-corrected chi connectivity index (χ1v) is 6.55. The van der Waals surface area contributed by atoms with Gasteiger partial charge in [-0.25, -0.2) is 4.99 Å². The minimum Gasteiger partial charge on any atom is -0.232 e. The number of benzene rings is 2. The molecule has 0 bridgehead atoms. The normalized spacial score (nSPS) is 13.3. The number of rotatable bonds is 2. The molecule has 23 heavy (non-hydrogen) atoms. The summed E-state index contributed by atoms with van der Waals surface area (Å²) in [5.74, 6) is 0. The van der Waals surface area contributed by atoms with Crippen LogP contribution in [0.4, 0.5) is 32.0 Å². The zero-order valence-corrected chi connectivity index (χ0v) is 12.0. The third kappa shape index (κ3) is 4.25. The van der Waals surface area contributed by atoms with Gasteiger partial charge in [0.1, 0.15) is 0 Å². The van der Waals surface area contributed by atoms with E-state index in [4.69, 9.17) is 11.6 Å². The fourth-order valence-electron chi connectivity index (χ4n) is 1.83. The van der Waals surface area contributed by atoms with E-state index in [-0.39, 0.29) is 5.56 Å². The molecule has 0 N–H and O–H groups in total. The van der Waals surface area contributed by atoms with Gasteiger partial charge in [-0.2, -0.15) is 26.3 Å². The van der Waals surface area contributed by atoms with Gasteiger partial charge in [-0.05, 0) is 17.7 Å². The highest BCUT2D eigenvalue weighted by Crippen LogP contribution is 2.38. The molecular formula is C15H8ClF6N. The number of aliphatic imine (C=N–C) groups is 1. The smallest absolute Gasteiger partial charge is 0.232 e. The number of hydrogen-bond donors (Lipinski definition) is 0. The molecule has 1 nitrogen and oxygen atoms in total. The number of nitrogens with zero attached hydrogens (tertiary/aromatic N) is 1. The monoisotopic (exact) mass is 351 g/mol. The maximum atomic E-state index is 12.8. The van der Waals surface area contributed by atoms with Crippen molar-refractivity contribution in [2.45, 2.75) is 12.4 Å². The zero-order chi connectivity index (χ0) is 17.3. The summed E-state index contributed by atoms with van der Waals surface area (Å²) in [6.07, 6.45) is -9.64. The van der Waals surface area contributed by atoms with Gasteiger partial charge in [-0.15, -0.1) is 0 Å². The topological polar surface area (TPSA) is 12.4 Å². The lowest BCUT2D eigenvalue weighted by atomic mass is 10.0. The van der Waals surface area contributed by atoms with E-state index in [1.165, 1.54) is 0 Å². The first kappa shape index (κ1) is 17.3. The summed E-state index contributed by atoms with van der Waals surface area (Å²) in [6, 6.07) is 10.3. The average Bonchev–Trinajstić information content (AvgIpc) is 2.46. The standard InChI is InChI=1S/C15H8ClF6N/c16-13(15(20,21)22)23-12-8-10(14(17,18)19)6-7-11(12)9-4-2-1-3-5-9/h1-8H. The Bertz CT molecular complexity index is 719. The predicted molar refractivity (Wildman–Crippen MR) is 75.9 cm³/mol. The van der Waals surface area contributed by atoms with E-state index in [0.29, 0.717) is 11.6 Å². The summed E-state index contributed by atoms with van der Waals surface area (Å²) in [7, 11) is 0. The van der Waals surface area contributed by atoms with Gasteiger partial charge in [0.2, 0.25) is 5.17 Å². The molecule has 0 amide bonds. The van der Waals surface area contributed by atoms with E-state index < -0.39 is 28.8 Å². The third-order valence-electron chi connectivity index (χ3n) is 2.86. The second-order valence-corrected chi connectivity index (χ2v) is 4.85. The van der Waals surface area contributed by atoms with Crippen molar-refractivity contribution >= 4 is 22.5 Å². The molecule has 0 radical (unpaired) electrons. The second-order valence-electron chi connectivity index (χ2n) is 4.50. The SMILES string of the molecule is FC(F)(F)C(Cl)=Nc1cc(C(F)(F)F)ccc1-c1ccccc1. The number of alkyl halides is 6. The molecule has 2 rings (SSSR count). The molecule has 0 saturated carbocycles. The van der Waals surface area contributed by atoms with E-state index in [0.717, 1.165) is 12.1 Å². The van der Waals surface area contributed by atoms with Gasteiger partial charge in [0.25, 0.3) is 0 Å². The Labute approximate surface area is 132 Å². The van der Waals surface area contributed by atoms with Crippen LogP contribution in [-0.4, -0.2) is 11.3 Å². The zero-order valence-electron chi connectivity index (χ0n) is 11.2. The van der Waals surface area contributed by atoms with E-state index in [2.05, 4.69) is 4.99 Å². The Kier molecular flexibility index (Phi) is 4.70. The van der Waals surface area contributed by atoms with E-state index in [1.54, 1.807) is 30.3 Å². The van der Waals surface area contributed by atoms with Gasteiger partial charge in [0.15, 0.2) is 0 Å². The molecule has 0 aliphatic heterocycles. The van der Waals surface area contributed by atoms with Crippen molar-refractivity contribution in [3.63, 3.8) is 0 Å². The fraction of sp³-hybridized carbons (Fsp3) is 0.133. The van der Waals surface area contributed by atoms with Gasteiger partial charge in [0.05, 0.1) is 11.3 Å². The highest BCUT2D eigenvalue weighted by Gasteiger charge is 2.35. The molecule has 0 atom stereocenters. The van der Waals surface area contributed by atoms with Crippen LogP contribution >= 0.6 is 11.6 Å². The summed E-state index contributed by atoms with van der Waals surface area (Å²) >= 11 is 5.06. The van der Waals surface area contributed by atoms with Crippen LogP contribution in [0.25, 0.3) is 11.1 Å². The lowest BCUT2D eigenvalue weighted by Crippen LogP contribution is -2.16. The van der Waals surface area contributed by atoms with Crippen LogP contribution in [0, 0.1) is 0 Å². The molecule has 0 aliphatic rings. The Morgan fingerprint density at radius 3 is 2.00 bits per heavy atom. The summed E-state index contributed by atoms with van der Waals surface area (Å²) in [4.78, 5) is 3.14. The van der Waals surface area contributed by atoms with Crippen molar-refractivity contribution in [2.24, 2.45) is 4.99 Å². The van der Waals surface area contributed by atoms with Gasteiger partial charge in [-0.1, -0.05) is 48.0 Å². The van der Waals surface area contributed by atoms with Gasteiger partial charge < -0.3 is 0 Å². The summed E-state index contributed by atoms with van der Waals surface area (Å²) < 4.78 is 75.9. The van der Waals surface area contributed by atoms with Crippen LogP contribution in [0.2, 0.25) is 0 Å². The first-order valence-electron chi connectivity index (χ1n) is 6.17. The van der Waals surface area contributed by atoms with Crippen LogP contribution in [-0.2, 0) is 6.18 Å². The van der Waals surface area contributed by atoms with Crippen molar-refractivity contribution in [2.75, 3.05) is 0 Å². The second kappa shape index (κ2) is 6.23. The van der Waals surface area contributed by atoms with Gasteiger partial charge >= 0.3 is 12.4 Å². The Hall–Kier alpha value is -2.02. The molecule has 0 aromatic heterocycles. The van der Waals surface area contributed by atoms with E-state index in [1.807, 2.05) is 0 Å². The molecule has 2 aromatic rings. The Morgan fingerprint density at radius 2 is 1.48 bits per heavy atom. The highest BCUT2D eigenvalue weighted by molar-refractivity contribution is 6.67. The number of halogens is 7. The number of hydrogen-bond acceptors (Lipinski definition) is 1. The van der Waals surface area contributed by atoms with Crippen LogP contribution in [0.3, 0.4) is 0 Å². The van der Waals surface area contributed by atoms with Crippen LogP contribution in [0.5, 0.6) is 0 Å². The average molecular weight is 352 g/mol. The van der Waals surface area contributed by atoms with Crippen LogP contribution in [0.1, 0.15) is 5.56 Å². The molecule has 8 heteroatoms. The van der Waals surface area contributed by atoms with Crippen molar-refractivity contribution in [1.82, 2.24) is 0 Å². The molecule has 0 fully saturated rings. The molecule has 122 valence electrons. The van der Waals surface area contributed by atoms with E-state index >= 15 is 0 Å². The third-order valence-corrected chi connectivity index (χ3v) is 3.16. The minimum absolute atomic E-state index is 0.112. The van der Waals surface area contributed by atoms with E-state index in [9.17, 15) is 26.3 Å². The Morgan fingerprint density at radius 1 is 0.870 bits per heavy atom. The molecule has 0 aliphatic carbocycles. The summed E-state index contributed by atoms with van der Waals surface area (Å²) in [6.45, 7) is 0. The highest BCUT2D eigenvalue weighted by atomic mass is 35.5. The first-order chi connectivity index (χ1) is 10.6. The molecule has 0 heterocycles. The minimum atomic E-state index is -4.94. The largest absolute Gasteiger partial charge is 0.444 e. The molecule has 2 aromatic carbocycles. The molecule has 0 spiro atoms. The lowest BCUT2D eigenvalue weighted by Gasteiger charge is -2.12. The fourth-order valence-corrected chi connectivity index (χ4v) is 1.92. The summed E-state index contributed by atoms with van der Waals surface area (Å²) in [5, 5.41) is -1.74. The van der Waals surface area contributed by atoms with Crippen LogP contribution < -0.4 is 0 Å². The van der Waals surface area contributed by atoms with Gasteiger partial charge in [0, 0.05) is 5.56 Å². The van der Waals surface area contributed by atoms with Crippen molar-refractivity contribution in [3.8, 4) is 11.1 Å². The van der Waals surface area contributed by atoms with Crippen molar-refractivity contribution in [3.05, 3.63) is 54.1 Å². The lowest BCUT2D eigenvalue weighted by molar-refractivity contribution is -0.137. The van der Waals surface area contributed by atoms with Crippen molar-refractivity contribution in [1.29, 1.82) is 0 Å². The predicted octanol–water partition coefficient (Wildman–Crippen LogP) is 6.20. The maximum absolute atomic E-state index is 12.8. The van der Waals surface area contributed by atoms with Crippen LogP contribution in [0.15, 0.2) is 53.5 Å².